The number of aliphatic hydroxyl groups excluding tert-OH is 2. The molecule has 5 atom stereocenters. The topological polar surface area (TPSA) is 202 Å². The largest absolute Gasteiger partial charge is 0.534 e. The molecule has 1 fully saturated rings. The summed E-state index contributed by atoms with van der Waals surface area (Å²) < 4.78 is 65.0. The minimum Gasteiger partial charge on any atom is -0.508 e. The third-order valence-corrected chi connectivity index (χ3v) is 7.62. The number of alkyl halides is 3. The number of aliphatic hydroxyl groups is 3. The molecule has 1 saturated carbocycles. The van der Waals surface area contributed by atoms with Crippen molar-refractivity contribution in [3.8, 4) is 11.5 Å². The Morgan fingerprint density at radius 2 is 1.80 bits per heavy atom. The van der Waals surface area contributed by atoms with Crippen LogP contribution in [0, 0.1) is 11.8 Å². The number of Topliss-reactive ketones (excluding diaryl/α,β-unsaturated/α-hetero) is 2. The van der Waals surface area contributed by atoms with E-state index in [4.69, 9.17) is 5.73 Å². The fraction of sp³-hybridized carbons (Fsp3) is 0.450. The molecule has 5 unspecified atom stereocenters. The lowest BCUT2D eigenvalue weighted by atomic mass is 9.57. The van der Waals surface area contributed by atoms with Crippen LogP contribution in [-0.2, 0) is 19.7 Å². The molecule has 1 aromatic rings. The Balaban J connectivity index is 1.92. The van der Waals surface area contributed by atoms with Crippen molar-refractivity contribution in [2.45, 2.75) is 42.4 Å². The highest BCUT2D eigenvalue weighted by Crippen LogP contribution is 2.55. The zero-order chi connectivity index (χ0) is 26.2. The van der Waals surface area contributed by atoms with Crippen LogP contribution >= 0.6 is 0 Å². The maximum absolute atomic E-state index is 13.3. The van der Waals surface area contributed by atoms with Crippen molar-refractivity contribution in [2.75, 3.05) is 0 Å². The SMILES string of the molecule is NC(=O)C1c2cc(OS(=O)(=O)C(F)(F)F)cc(O)c2C(=O)C2=C(O)C3(O)C(=O)CC(O)CC3CC21. The standard InChI is InChI=1S/C20H18F3NO10S/c21-20(22,23)35(32,33)34-8-4-10-13(18(24)30)9-2-6-1-7(25)3-12(27)19(6,31)17(29)15(9)16(28)14(10)11(26)5-8/h4-7,9,13,25-26,29,31H,1-3H2,(H2,24,30). The highest BCUT2D eigenvalue weighted by molar-refractivity contribution is 7.88. The minimum atomic E-state index is -6.17. The van der Waals surface area contributed by atoms with Gasteiger partial charge in [0.1, 0.15) is 17.3 Å². The van der Waals surface area contributed by atoms with E-state index in [1.807, 2.05) is 0 Å². The molecule has 0 radical (unpaired) electrons. The minimum absolute atomic E-state index is 0.194. The Kier molecular flexibility index (Phi) is 5.46. The van der Waals surface area contributed by atoms with Crippen molar-refractivity contribution in [2.24, 2.45) is 17.6 Å². The van der Waals surface area contributed by atoms with Crippen molar-refractivity contribution >= 4 is 27.6 Å². The first kappa shape index (κ1) is 24.9. The normalized spacial score (nSPS) is 30.9. The number of phenols is 1. The molecular weight excluding hydrogens is 503 g/mol. The quantitative estimate of drug-likeness (QED) is 0.272. The Morgan fingerprint density at radius 3 is 2.37 bits per heavy atom. The summed E-state index contributed by atoms with van der Waals surface area (Å²) in [6.45, 7) is 0. The highest BCUT2D eigenvalue weighted by atomic mass is 32.2. The van der Waals surface area contributed by atoms with E-state index in [-0.39, 0.29) is 12.8 Å². The molecular formula is C20H18F3NO10S. The van der Waals surface area contributed by atoms with Crippen LogP contribution in [0.1, 0.15) is 41.1 Å². The smallest absolute Gasteiger partial charge is 0.508 e. The van der Waals surface area contributed by atoms with Crippen molar-refractivity contribution < 1.29 is 60.6 Å². The van der Waals surface area contributed by atoms with E-state index in [0.29, 0.717) is 12.1 Å². The molecule has 0 aromatic heterocycles. The molecule has 1 amide bonds. The maximum Gasteiger partial charge on any atom is 0.534 e. The van der Waals surface area contributed by atoms with Gasteiger partial charge in [-0.15, -0.1) is 0 Å². The van der Waals surface area contributed by atoms with E-state index < -0.39 is 103 Å². The van der Waals surface area contributed by atoms with Gasteiger partial charge >= 0.3 is 15.6 Å². The number of ketones is 2. The van der Waals surface area contributed by atoms with Gasteiger partial charge in [0.05, 0.1) is 17.6 Å². The van der Waals surface area contributed by atoms with Gasteiger partial charge in [0.25, 0.3) is 0 Å². The van der Waals surface area contributed by atoms with E-state index in [1.54, 1.807) is 0 Å². The lowest BCUT2D eigenvalue weighted by Crippen LogP contribution is -2.58. The molecule has 4 rings (SSSR count). The molecule has 190 valence electrons. The molecule has 3 aliphatic carbocycles. The zero-order valence-electron chi connectivity index (χ0n) is 17.4. The lowest BCUT2D eigenvalue weighted by Gasteiger charge is -2.48. The Bertz CT molecular complexity index is 1300. The first-order valence-electron chi connectivity index (χ1n) is 10.1. The van der Waals surface area contributed by atoms with E-state index in [2.05, 4.69) is 4.18 Å². The lowest BCUT2D eigenvalue weighted by molar-refractivity contribution is -0.155. The summed E-state index contributed by atoms with van der Waals surface area (Å²) in [5.41, 5.74) is -4.65. The summed E-state index contributed by atoms with van der Waals surface area (Å²) in [4.78, 5) is 38.2. The van der Waals surface area contributed by atoms with E-state index in [0.717, 1.165) is 0 Å². The predicted octanol–water partition coefficient (Wildman–Crippen LogP) is 0.289. The summed E-state index contributed by atoms with van der Waals surface area (Å²) in [5.74, 6) is -10.6. The molecule has 3 aliphatic rings. The molecule has 0 heterocycles. The van der Waals surface area contributed by atoms with Gasteiger partial charge in [-0.05, 0) is 24.5 Å². The molecule has 1 aromatic carbocycles. The van der Waals surface area contributed by atoms with Crippen molar-refractivity contribution in [3.63, 3.8) is 0 Å². The number of fused-ring (bicyclic) bond motifs is 3. The fourth-order valence-electron chi connectivity index (χ4n) is 5.20. The number of halogens is 3. The van der Waals surface area contributed by atoms with Crippen LogP contribution in [0.3, 0.4) is 0 Å². The van der Waals surface area contributed by atoms with Gasteiger partial charge in [-0.1, -0.05) is 0 Å². The average molecular weight is 521 g/mol. The second-order valence-corrected chi connectivity index (χ2v) is 10.2. The van der Waals surface area contributed by atoms with E-state index in [9.17, 15) is 56.4 Å². The molecule has 0 bridgehead atoms. The molecule has 35 heavy (non-hydrogen) atoms. The summed E-state index contributed by atoms with van der Waals surface area (Å²) in [6, 6.07) is 1.01. The number of carbonyl (C=O) groups is 3. The number of phenolic OH excluding ortho intramolecular Hbond substituents is 1. The molecule has 0 spiro atoms. The van der Waals surface area contributed by atoms with Crippen LogP contribution in [0.25, 0.3) is 0 Å². The number of amides is 1. The van der Waals surface area contributed by atoms with Crippen molar-refractivity contribution in [1.82, 2.24) is 0 Å². The summed E-state index contributed by atoms with van der Waals surface area (Å²) in [7, 11) is -6.17. The first-order valence-corrected chi connectivity index (χ1v) is 11.5. The van der Waals surface area contributed by atoms with Gasteiger partial charge in [-0.3, -0.25) is 14.4 Å². The number of rotatable bonds is 3. The van der Waals surface area contributed by atoms with Crippen LogP contribution in [0.4, 0.5) is 13.2 Å². The molecule has 11 nitrogen and oxygen atoms in total. The highest BCUT2D eigenvalue weighted by Gasteiger charge is 2.60. The van der Waals surface area contributed by atoms with Crippen molar-refractivity contribution in [3.05, 3.63) is 34.6 Å². The van der Waals surface area contributed by atoms with Crippen LogP contribution in [0.5, 0.6) is 11.5 Å². The second-order valence-electron chi connectivity index (χ2n) is 8.68. The second kappa shape index (κ2) is 7.66. The number of nitrogens with two attached hydrogens (primary N) is 1. The third kappa shape index (κ3) is 3.56. The molecule has 0 saturated heterocycles. The zero-order valence-corrected chi connectivity index (χ0v) is 18.3. The monoisotopic (exact) mass is 521 g/mol. The number of aromatic hydroxyl groups is 1. The number of hydrogen-bond acceptors (Lipinski definition) is 10. The third-order valence-electron chi connectivity index (χ3n) is 6.65. The number of carbonyl (C=O) groups excluding carboxylic acids is 3. The van der Waals surface area contributed by atoms with Crippen LogP contribution in [-0.4, -0.2) is 63.5 Å². The molecule has 6 N–H and O–H groups in total. The summed E-state index contributed by atoms with van der Waals surface area (Å²) in [5, 5.41) is 42.2. The number of hydrogen-bond donors (Lipinski definition) is 5. The van der Waals surface area contributed by atoms with E-state index in [1.165, 1.54) is 0 Å². The van der Waals surface area contributed by atoms with Gasteiger partial charge < -0.3 is 30.3 Å². The molecule has 15 heteroatoms. The van der Waals surface area contributed by atoms with Crippen molar-refractivity contribution in [1.29, 1.82) is 0 Å². The Morgan fingerprint density at radius 1 is 1.17 bits per heavy atom. The van der Waals surface area contributed by atoms with Crippen LogP contribution in [0.15, 0.2) is 23.5 Å². The summed E-state index contributed by atoms with van der Waals surface area (Å²) in [6.07, 6.45) is -2.22. The number of benzene rings is 1. The van der Waals surface area contributed by atoms with Crippen LogP contribution in [0.2, 0.25) is 0 Å². The van der Waals surface area contributed by atoms with Gasteiger partial charge in [-0.25, -0.2) is 0 Å². The van der Waals surface area contributed by atoms with E-state index >= 15 is 0 Å². The maximum atomic E-state index is 13.3. The number of primary amides is 1. The van der Waals surface area contributed by atoms with Gasteiger partial charge in [0.15, 0.2) is 17.2 Å². The summed E-state index contributed by atoms with van der Waals surface area (Å²) >= 11 is 0. The predicted molar refractivity (Wildman–Crippen MR) is 106 cm³/mol. The van der Waals surface area contributed by atoms with Gasteiger partial charge in [0, 0.05) is 29.9 Å². The number of allylic oxidation sites excluding steroid dienone is 1. The Labute approximate surface area is 194 Å². The Hall–Kier alpha value is -3.17. The van der Waals surface area contributed by atoms with Crippen LogP contribution < -0.4 is 9.92 Å². The van der Waals surface area contributed by atoms with Gasteiger partial charge in [0.2, 0.25) is 5.91 Å². The molecule has 0 aliphatic heterocycles. The van der Waals surface area contributed by atoms with Gasteiger partial charge in [-0.2, -0.15) is 21.6 Å². The fourth-order valence-corrected chi connectivity index (χ4v) is 5.64. The average Bonchev–Trinajstić information content (AvgIpc) is 2.68. The first-order chi connectivity index (χ1) is 16.0.